The largest absolute Gasteiger partial charge is 0.444 e. The number of nitrogen functional groups attached to an aromatic ring is 1. The van der Waals surface area contributed by atoms with Gasteiger partial charge in [-0.2, -0.15) is 4.68 Å². The predicted molar refractivity (Wildman–Crippen MR) is 101 cm³/mol. The van der Waals surface area contributed by atoms with Crippen molar-refractivity contribution in [3.05, 3.63) is 28.7 Å². The van der Waals surface area contributed by atoms with Gasteiger partial charge in [-0.05, 0) is 62.2 Å². The molecule has 1 aliphatic heterocycles. The van der Waals surface area contributed by atoms with Crippen molar-refractivity contribution in [2.75, 3.05) is 23.7 Å². The number of nitrogens with zero attached hydrogens (tertiary/aromatic N) is 4. The zero-order chi connectivity index (χ0) is 19.6. The Kier molecular flexibility index (Phi) is 5.06. The first kappa shape index (κ1) is 18.7. The van der Waals surface area contributed by atoms with Gasteiger partial charge in [0.05, 0.1) is 17.1 Å². The lowest BCUT2D eigenvalue weighted by molar-refractivity contribution is 0.0497. The number of aromatic nitrogens is 4. The number of carbonyl (C=O) groups is 1. The molecule has 0 bridgehead atoms. The van der Waals surface area contributed by atoms with E-state index in [9.17, 15) is 9.59 Å². The number of amides is 1. The van der Waals surface area contributed by atoms with Crippen LogP contribution in [0, 0.1) is 0 Å². The molecule has 1 saturated heterocycles. The number of nitrogens with two attached hydrogens (primary N) is 1. The van der Waals surface area contributed by atoms with Crippen LogP contribution in [0.15, 0.2) is 23.0 Å². The van der Waals surface area contributed by atoms with Crippen molar-refractivity contribution in [1.29, 1.82) is 0 Å². The SMILES string of the molecule is CC(C)(C)OC(=O)NC1CCN(c2cc(-n3nn[nH]c3=O)ccc2N)CC1. The molecule has 0 saturated carbocycles. The van der Waals surface area contributed by atoms with Gasteiger partial charge in [0.25, 0.3) is 0 Å². The van der Waals surface area contributed by atoms with Crippen LogP contribution >= 0.6 is 0 Å². The molecule has 2 heterocycles. The number of ether oxygens (including phenoxy) is 1. The van der Waals surface area contributed by atoms with Crippen LogP contribution in [-0.4, -0.2) is 51.0 Å². The van der Waals surface area contributed by atoms with Crippen molar-refractivity contribution in [3.8, 4) is 5.69 Å². The molecule has 0 aliphatic carbocycles. The predicted octanol–water partition coefficient (Wildman–Crippen LogP) is 1.03. The lowest BCUT2D eigenvalue weighted by Gasteiger charge is -2.35. The number of carbonyl (C=O) groups excluding carboxylic acids is 1. The normalized spacial score (nSPS) is 15.6. The fourth-order valence-electron chi connectivity index (χ4n) is 3.04. The third-order valence-corrected chi connectivity index (χ3v) is 4.29. The first-order valence-corrected chi connectivity index (χ1v) is 8.88. The third-order valence-electron chi connectivity index (χ3n) is 4.29. The van der Waals surface area contributed by atoms with Crippen molar-refractivity contribution in [3.63, 3.8) is 0 Å². The first-order chi connectivity index (χ1) is 12.7. The molecule has 27 heavy (non-hydrogen) atoms. The van der Waals surface area contributed by atoms with E-state index >= 15 is 0 Å². The second-order valence-corrected chi connectivity index (χ2v) is 7.57. The number of benzene rings is 1. The van der Waals surface area contributed by atoms with Crippen molar-refractivity contribution in [2.45, 2.75) is 45.3 Å². The summed E-state index contributed by atoms with van der Waals surface area (Å²) in [6, 6.07) is 5.34. The summed E-state index contributed by atoms with van der Waals surface area (Å²) in [5.74, 6) is 0. The van der Waals surface area contributed by atoms with Gasteiger partial charge in [-0.15, -0.1) is 0 Å². The summed E-state index contributed by atoms with van der Waals surface area (Å²) in [4.78, 5) is 25.8. The Bertz CT molecular complexity index is 860. The van der Waals surface area contributed by atoms with Gasteiger partial charge >= 0.3 is 11.8 Å². The van der Waals surface area contributed by atoms with Gasteiger partial charge in [0.15, 0.2) is 0 Å². The summed E-state index contributed by atoms with van der Waals surface area (Å²) < 4.78 is 6.49. The Morgan fingerprint density at radius 1 is 1.33 bits per heavy atom. The van der Waals surface area contributed by atoms with Crippen LogP contribution in [-0.2, 0) is 4.74 Å². The monoisotopic (exact) mass is 375 g/mol. The van der Waals surface area contributed by atoms with E-state index in [-0.39, 0.29) is 6.04 Å². The Balaban J connectivity index is 1.65. The number of hydrogen-bond acceptors (Lipinski definition) is 7. The van der Waals surface area contributed by atoms with Crippen LogP contribution in [0.5, 0.6) is 0 Å². The number of H-pyrrole nitrogens is 1. The van der Waals surface area contributed by atoms with Crippen molar-refractivity contribution < 1.29 is 9.53 Å². The highest BCUT2D eigenvalue weighted by Gasteiger charge is 2.24. The van der Waals surface area contributed by atoms with Gasteiger partial charge in [0, 0.05) is 19.1 Å². The van der Waals surface area contributed by atoms with Crippen molar-refractivity contribution in [2.24, 2.45) is 0 Å². The van der Waals surface area contributed by atoms with Gasteiger partial charge < -0.3 is 20.7 Å². The minimum absolute atomic E-state index is 0.0543. The Labute approximate surface area is 156 Å². The number of piperidine rings is 1. The maximum atomic E-state index is 11.9. The van der Waals surface area contributed by atoms with Crippen molar-refractivity contribution >= 4 is 17.5 Å². The Morgan fingerprint density at radius 3 is 2.63 bits per heavy atom. The number of aromatic amines is 1. The average molecular weight is 375 g/mol. The van der Waals surface area contributed by atoms with E-state index in [0.29, 0.717) is 11.4 Å². The number of rotatable bonds is 3. The molecule has 1 aromatic heterocycles. The molecule has 0 unspecified atom stereocenters. The fourth-order valence-corrected chi connectivity index (χ4v) is 3.04. The fraction of sp³-hybridized carbons (Fsp3) is 0.529. The molecular weight excluding hydrogens is 350 g/mol. The molecule has 4 N–H and O–H groups in total. The van der Waals surface area contributed by atoms with E-state index in [2.05, 4.69) is 25.7 Å². The summed E-state index contributed by atoms with van der Waals surface area (Å²) in [6.45, 7) is 6.96. The molecule has 146 valence electrons. The van der Waals surface area contributed by atoms with Crippen LogP contribution in [0.3, 0.4) is 0 Å². The van der Waals surface area contributed by atoms with E-state index in [0.717, 1.165) is 31.6 Å². The smallest absolute Gasteiger partial charge is 0.407 e. The second kappa shape index (κ2) is 7.29. The van der Waals surface area contributed by atoms with E-state index in [1.807, 2.05) is 26.8 Å². The highest BCUT2D eigenvalue weighted by Crippen LogP contribution is 2.28. The van der Waals surface area contributed by atoms with Gasteiger partial charge in [0.2, 0.25) is 0 Å². The zero-order valence-corrected chi connectivity index (χ0v) is 15.7. The summed E-state index contributed by atoms with van der Waals surface area (Å²) in [6.07, 6.45) is 1.15. The van der Waals surface area contributed by atoms with Gasteiger partial charge in [-0.25, -0.2) is 14.7 Å². The molecule has 1 aromatic carbocycles. The number of nitrogens with one attached hydrogen (secondary N) is 2. The van der Waals surface area contributed by atoms with Crippen LogP contribution < -0.4 is 21.6 Å². The van der Waals surface area contributed by atoms with E-state index in [4.69, 9.17) is 10.5 Å². The molecule has 0 radical (unpaired) electrons. The van der Waals surface area contributed by atoms with Gasteiger partial charge in [-0.3, -0.25) is 0 Å². The van der Waals surface area contributed by atoms with Gasteiger partial charge in [0.1, 0.15) is 5.60 Å². The Hall–Kier alpha value is -3.04. The summed E-state index contributed by atoms with van der Waals surface area (Å²) in [7, 11) is 0. The molecule has 0 atom stereocenters. The summed E-state index contributed by atoms with van der Waals surface area (Å²) in [5.41, 5.74) is 7.25. The maximum Gasteiger partial charge on any atom is 0.407 e. The molecule has 1 amide bonds. The second-order valence-electron chi connectivity index (χ2n) is 7.57. The van der Waals surface area contributed by atoms with E-state index < -0.39 is 17.4 Å². The average Bonchev–Trinajstić information content (AvgIpc) is 3.00. The van der Waals surface area contributed by atoms with Crippen LogP contribution in [0.2, 0.25) is 0 Å². The summed E-state index contributed by atoms with van der Waals surface area (Å²) in [5, 5.41) is 12.4. The van der Waals surface area contributed by atoms with E-state index in [1.165, 1.54) is 4.68 Å². The minimum Gasteiger partial charge on any atom is -0.444 e. The topological polar surface area (TPSA) is 131 Å². The molecule has 0 spiro atoms. The summed E-state index contributed by atoms with van der Waals surface area (Å²) >= 11 is 0. The number of hydrogen-bond donors (Lipinski definition) is 3. The van der Waals surface area contributed by atoms with Crippen LogP contribution in [0.1, 0.15) is 33.6 Å². The van der Waals surface area contributed by atoms with Crippen LogP contribution in [0.25, 0.3) is 5.69 Å². The number of anilines is 2. The number of alkyl carbamates (subject to hydrolysis) is 1. The molecule has 3 rings (SSSR count). The van der Waals surface area contributed by atoms with Gasteiger partial charge in [-0.1, -0.05) is 0 Å². The molecular formula is C17H25N7O3. The standard InChI is InChI=1S/C17H25N7O3/c1-17(2,3)27-16(26)19-11-6-8-23(9-7-11)14-10-12(4-5-13(14)18)24-15(25)20-21-22-24/h4-5,10-11H,6-9,18H2,1-3H3,(H,19,26)(H,20,22,25). The van der Waals surface area contributed by atoms with E-state index in [1.54, 1.807) is 12.1 Å². The number of tetrazole rings is 1. The quantitative estimate of drug-likeness (QED) is 0.683. The van der Waals surface area contributed by atoms with Crippen molar-refractivity contribution in [1.82, 2.24) is 25.5 Å². The molecule has 10 nitrogen and oxygen atoms in total. The van der Waals surface area contributed by atoms with Crippen LogP contribution in [0.4, 0.5) is 16.2 Å². The zero-order valence-electron chi connectivity index (χ0n) is 15.7. The first-order valence-electron chi connectivity index (χ1n) is 8.88. The highest BCUT2D eigenvalue weighted by atomic mass is 16.6. The molecule has 10 heteroatoms. The minimum atomic E-state index is -0.515. The molecule has 2 aromatic rings. The Morgan fingerprint density at radius 2 is 2.04 bits per heavy atom. The lowest BCUT2D eigenvalue weighted by Crippen LogP contribution is -2.46. The molecule has 1 fully saturated rings. The maximum absolute atomic E-state index is 11.9. The lowest BCUT2D eigenvalue weighted by atomic mass is 10.0. The highest BCUT2D eigenvalue weighted by molar-refractivity contribution is 5.71. The third kappa shape index (κ3) is 4.57. The molecule has 1 aliphatic rings.